The second kappa shape index (κ2) is 12.1. The zero-order chi connectivity index (χ0) is 26.4. The van der Waals surface area contributed by atoms with Crippen molar-refractivity contribution in [1.82, 2.24) is 19.4 Å². The first-order valence-electron chi connectivity index (χ1n) is 13.4. The Morgan fingerprint density at radius 1 is 1.14 bits per heavy atom. The number of rotatable bonds is 7. The first-order chi connectivity index (χ1) is 17.7. The third kappa shape index (κ3) is 7.79. The summed E-state index contributed by atoms with van der Waals surface area (Å²) in [4.78, 5) is 34.2. The zero-order valence-electron chi connectivity index (χ0n) is 22.6. The number of carbonyl (C=O) groups is 2. The van der Waals surface area contributed by atoms with Gasteiger partial charge in [-0.05, 0) is 58.2 Å². The molecule has 2 aliphatic rings. The Hall–Kier alpha value is -2.91. The molecule has 1 saturated heterocycles. The van der Waals surface area contributed by atoms with Gasteiger partial charge in [-0.15, -0.1) is 0 Å². The molecule has 0 spiro atoms. The quantitative estimate of drug-likeness (QED) is 0.593. The molecule has 9 heteroatoms. The lowest BCUT2D eigenvalue weighted by Crippen LogP contribution is -2.60. The fraction of sp³-hybridized carbons (Fsp3) is 0.607. The van der Waals surface area contributed by atoms with Crippen molar-refractivity contribution in [2.75, 3.05) is 31.7 Å². The van der Waals surface area contributed by atoms with E-state index in [9.17, 15) is 9.59 Å². The molecule has 1 N–H and O–H groups in total. The van der Waals surface area contributed by atoms with Crippen LogP contribution < -0.4 is 5.32 Å². The van der Waals surface area contributed by atoms with E-state index in [4.69, 9.17) is 9.47 Å². The van der Waals surface area contributed by atoms with Crippen LogP contribution >= 0.6 is 0 Å². The average molecular weight is 512 g/mol. The molecule has 2 amide bonds. The molecule has 0 radical (unpaired) electrons. The number of amides is 2. The third-order valence-electron chi connectivity index (χ3n) is 6.94. The Bertz CT molecular complexity index is 1060. The molecule has 0 bridgehead atoms. The third-order valence-corrected chi connectivity index (χ3v) is 6.94. The molecule has 1 aromatic heterocycles. The Kier molecular flexibility index (Phi) is 8.87. The minimum Gasteiger partial charge on any atom is -0.444 e. The van der Waals surface area contributed by atoms with E-state index in [2.05, 4.69) is 14.9 Å². The molecule has 1 aliphatic carbocycles. The molecular formula is C28H41N5O4. The molecule has 37 heavy (non-hydrogen) atoms. The van der Waals surface area contributed by atoms with Crippen molar-refractivity contribution >= 4 is 17.7 Å². The van der Waals surface area contributed by atoms with Crippen LogP contribution in [0.1, 0.15) is 64.1 Å². The van der Waals surface area contributed by atoms with Crippen molar-refractivity contribution in [3.63, 3.8) is 0 Å². The Morgan fingerprint density at radius 3 is 2.62 bits per heavy atom. The summed E-state index contributed by atoms with van der Waals surface area (Å²) in [6.07, 6.45) is 9.26. The minimum atomic E-state index is -0.593. The maximum atomic E-state index is 13.6. The van der Waals surface area contributed by atoms with Gasteiger partial charge in [-0.3, -0.25) is 9.69 Å². The maximum Gasteiger partial charge on any atom is 0.410 e. The predicted molar refractivity (Wildman–Crippen MR) is 142 cm³/mol. The number of aryl methyl sites for hydroxylation is 1. The van der Waals surface area contributed by atoms with Gasteiger partial charge in [-0.1, -0.05) is 31.4 Å². The molecule has 2 aromatic rings. The molecule has 9 nitrogen and oxygen atoms in total. The van der Waals surface area contributed by atoms with Crippen LogP contribution in [0.2, 0.25) is 0 Å². The van der Waals surface area contributed by atoms with Gasteiger partial charge in [-0.25, -0.2) is 9.78 Å². The van der Waals surface area contributed by atoms with Gasteiger partial charge in [-0.2, -0.15) is 0 Å². The number of anilines is 1. The van der Waals surface area contributed by atoms with Crippen LogP contribution in [0.4, 0.5) is 10.5 Å². The van der Waals surface area contributed by atoms with Crippen LogP contribution in [-0.2, 0) is 20.8 Å². The molecule has 4 rings (SSSR count). The van der Waals surface area contributed by atoms with Gasteiger partial charge >= 0.3 is 6.09 Å². The van der Waals surface area contributed by atoms with Crippen LogP contribution in [-0.4, -0.2) is 75.5 Å². The fourth-order valence-electron chi connectivity index (χ4n) is 4.87. The second-order valence-corrected chi connectivity index (χ2v) is 11.2. The highest BCUT2D eigenvalue weighted by molar-refractivity contribution is 5.95. The topological polar surface area (TPSA) is 88.9 Å². The average Bonchev–Trinajstić information content (AvgIpc) is 3.26. The predicted octanol–water partition coefficient (Wildman–Crippen LogP) is 4.41. The highest BCUT2D eigenvalue weighted by Crippen LogP contribution is 2.22. The number of hydrogen-bond donors (Lipinski definition) is 1. The van der Waals surface area contributed by atoms with E-state index < -0.39 is 17.7 Å². The van der Waals surface area contributed by atoms with E-state index in [-0.39, 0.29) is 18.6 Å². The molecule has 2 heterocycles. The van der Waals surface area contributed by atoms with Crippen LogP contribution in [0.15, 0.2) is 36.8 Å². The summed E-state index contributed by atoms with van der Waals surface area (Å²) in [7, 11) is 0. The van der Waals surface area contributed by atoms with Gasteiger partial charge in [0, 0.05) is 43.8 Å². The molecule has 202 valence electrons. The summed E-state index contributed by atoms with van der Waals surface area (Å²) in [5, 5.41) is 3.08. The van der Waals surface area contributed by atoms with Crippen LogP contribution in [0.5, 0.6) is 0 Å². The number of hydrogen-bond acceptors (Lipinski definition) is 6. The highest BCUT2D eigenvalue weighted by atomic mass is 16.6. The summed E-state index contributed by atoms with van der Waals surface area (Å²) < 4.78 is 13.9. The SMILES string of the molecule is Cc1cncn1Cc1cccc(NC(=O)C2CN(C(=O)OC(C)(C)C)CCN2COC2CCCCC2)c1. The molecule has 1 unspecified atom stereocenters. The largest absolute Gasteiger partial charge is 0.444 e. The summed E-state index contributed by atoms with van der Waals surface area (Å²) in [5.74, 6) is -0.156. The molecule has 1 atom stereocenters. The first kappa shape index (κ1) is 27.1. The standard InChI is InChI=1S/C28H41N5O4/c1-21-16-29-19-33(21)17-22-9-8-10-23(15-22)30-26(34)25-18-31(27(35)37-28(2,3)4)13-14-32(25)20-36-24-11-6-5-7-12-24/h8-10,15-16,19,24-25H,5-7,11-14,17-18,20H2,1-4H3,(H,30,34). The molecular weight excluding hydrogens is 470 g/mol. The maximum absolute atomic E-state index is 13.6. The van der Waals surface area contributed by atoms with Crippen LogP contribution in [0.3, 0.4) is 0 Å². The van der Waals surface area contributed by atoms with Gasteiger partial charge < -0.3 is 24.3 Å². The van der Waals surface area contributed by atoms with Crippen molar-refractivity contribution in [2.24, 2.45) is 0 Å². The Labute approximate surface area is 220 Å². The second-order valence-electron chi connectivity index (χ2n) is 11.2. The number of nitrogens with zero attached hydrogens (tertiary/aromatic N) is 4. The van der Waals surface area contributed by atoms with Gasteiger partial charge in [0.05, 0.1) is 12.4 Å². The van der Waals surface area contributed by atoms with Crippen molar-refractivity contribution in [3.05, 3.63) is 48.0 Å². The van der Waals surface area contributed by atoms with E-state index in [1.54, 1.807) is 11.2 Å². The smallest absolute Gasteiger partial charge is 0.410 e. The molecule has 1 aromatic carbocycles. The number of piperazine rings is 1. The summed E-state index contributed by atoms with van der Waals surface area (Å²) >= 11 is 0. The number of benzene rings is 1. The Morgan fingerprint density at radius 2 is 1.92 bits per heavy atom. The number of imidazole rings is 1. The van der Waals surface area contributed by atoms with Gasteiger partial charge in [0.15, 0.2) is 0 Å². The molecule has 1 saturated carbocycles. The van der Waals surface area contributed by atoms with Gasteiger partial charge in [0.25, 0.3) is 0 Å². The highest BCUT2D eigenvalue weighted by Gasteiger charge is 2.36. The van der Waals surface area contributed by atoms with E-state index >= 15 is 0 Å². The van der Waals surface area contributed by atoms with Crippen molar-refractivity contribution in [1.29, 1.82) is 0 Å². The zero-order valence-corrected chi connectivity index (χ0v) is 22.6. The van der Waals surface area contributed by atoms with Crippen LogP contribution in [0.25, 0.3) is 0 Å². The van der Waals surface area contributed by atoms with Gasteiger partial charge in [0.1, 0.15) is 18.4 Å². The number of aromatic nitrogens is 2. The number of nitrogens with one attached hydrogen (secondary N) is 1. The van der Waals surface area contributed by atoms with E-state index in [0.29, 0.717) is 26.4 Å². The normalized spacial score (nSPS) is 19.6. The first-order valence-corrected chi connectivity index (χ1v) is 13.4. The lowest BCUT2D eigenvalue weighted by atomic mass is 9.98. The van der Waals surface area contributed by atoms with Gasteiger partial charge in [0.2, 0.25) is 5.91 Å². The van der Waals surface area contributed by atoms with E-state index in [1.165, 1.54) is 19.3 Å². The molecule has 1 aliphatic heterocycles. The van der Waals surface area contributed by atoms with E-state index in [1.807, 2.05) is 63.1 Å². The van der Waals surface area contributed by atoms with Crippen molar-refractivity contribution < 1.29 is 19.1 Å². The minimum absolute atomic E-state index is 0.156. The molecule has 2 fully saturated rings. The lowest BCUT2D eigenvalue weighted by molar-refractivity contribution is -0.129. The summed E-state index contributed by atoms with van der Waals surface area (Å²) in [6, 6.07) is 7.30. The van der Waals surface area contributed by atoms with Crippen molar-refractivity contribution in [2.45, 2.75) is 84.1 Å². The number of carbonyl (C=O) groups excluding carboxylic acids is 2. The van der Waals surface area contributed by atoms with Crippen LogP contribution in [0, 0.1) is 6.92 Å². The monoisotopic (exact) mass is 511 g/mol. The Balaban J connectivity index is 1.44. The lowest BCUT2D eigenvalue weighted by Gasteiger charge is -2.41. The van der Waals surface area contributed by atoms with E-state index in [0.717, 1.165) is 29.8 Å². The fourth-order valence-corrected chi connectivity index (χ4v) is 4.87. The number of ether oxygens (including phenoxy) is 2. The summed E-state index contributed by atoms with van der Waals surface area (Å²) in [5.41, 5.74) is 2.27. The van der Waals surface area contributed by atoms with Crippen molar-refractivity contribution in [3.8, 4) is 0 Å². The summed E-state index contributed by atoms with van der Waals surface area (Å²) in [6.45, 7) is 9.91.